The lowest BCUT2D eigenvalue weighted by Crippen LogP contribution is -2.17. The zero-order valence-electron chi connectivity index (χ0n) is 15.1. The number of nitrogens with zero attached hydrogens (tertiary/aromatic N) is 1. The third-order valence-corrected chi connectivity index (χ3v) is 4.12. The Labute approximate surface area is 167 Å². The molecule has 6 heteroatoms. The van der Waals surface area contributed by atoms with Crippen LogP contribution in [0.25, 0.3) is 0 Å². The molecule has 5 nitrogen and oxygen atoms in total. The van der Waals surface area contributed by atoms with Crippen LogP contribution in [0, 0.1) is 6.92 Å². The summed E-state index contributed by atoms with van der Waals surface area (Å²) in [5.74, 6) is -0.332. The quantitative estimate of drug-likeness (QED) is 0.298. The van der Waals surface area contributed by atoms with Crippen LogP contribution in [0.2, 0.25) is 5.02 Å². The number of hydrazone groups is 1. The second kappa shape index (κ2) is 8.97. The fourth-order valence-electron chi connectivity index (χ4n) is 2.31. The van der Waals surface area contributed by atoms with Crippen molar-refractivity contribution in [3.05, 3.63) is 100 Å². The standard InChI is InChI=1S/C22H17ClN2O3/c1-15-2-6-18(7-3-15)22(27)28-20-12-4-16(5-13-20)14-24-25-21(26)17-8-10-19(23)11-9-17/h2-14H,1H3,(H,25,26). The number of ether oxygens (including phenoxy) is 1. The van der Waals surface area contributed by atoms with Crippen LogP contribution in [-0.2, 0) is 0 Å². The van der Waals surface area contributed by atoms with E-state index in [1.807, 2.05) is 19.1 Å². The van der Waals surface area contributed by atoms with Crippen molar-refractivity contribution in [1.82, 2.24) is 5.43 Å². The summed E-state index contributed by atoms with van der Waals surface area (Å²) in [6, 6.07) is 20.4. The molecule has 0 saturated carbocycles. The molecule has 0 aliphatic carbocycles. The molecule has 3 aromatic rings. The van der Waals surface area contributed by atoms with E-state index in [2.05, 4.69) is 10.5 Å². The first-order valence-electron chi connectivity index (χ1n) is 8.49. The van der Waals surface area contributed by atoms with Crippen LogP contribution in [0.4, 0.5) is 0 Å². The number of benzene rings is 3. The molecule has 0 fully saturated rings. The van der Waals surface area contributed by atoms with Crippen LogP contribution in [0.5, 0.6) is 5.75 Å². The van der Waals surface area contributed by atoms with Crippen molar-refractivity contribution in [2.24, 2.45) is 5.10 Å². The molecular formula is C22H17ClN2O3. The van der Waals surface area contributed by atoms with Crippen molar-refractivity contribution in [1.29, 1.82) is 0 Å². The summed E-state index contributed by atoms with van der Waals surface area (Å²) in [6.07, 6.45) is 1.50. The van der Waals surface area contributed by atoms with E-state index in [0.29, 0.717) is 21.9 Å². The number of halogens is 1. The minimum absolute atomic E-state index is 0.337. The lowest BCUT2D eigenvalue weighted by Gasteiger charge is -2.05. The van der Waals surface area contributed by atoms with Crippen molar-refractivity contribution < 1.29 is 14.3 Å². The monoisotopic (exact) mass is 392 g/mol. The molecule has 3 aromatic carbocycles. The van der Waals surface area contributed by atoms with E-state index in [9.17, 15) is 9.59 Å². The maximum absolute atomic E-state index is 12.1. The highest BCUT2D eigenvalue weighted by atomic mass is 35.5. The molecule has 0 aromatic heterocycles. The Kier molecular flexibility index (Phi) is 6.19. The molecule has 0 bridgehead atoms. The average Bonchev–Trinajstić information content (AvgIpc) is 2.70. The van der Waals surface area contributed by atoms with Gasteiger partial charge < -0.3 is 4.74 Å². The zero-order chi connectivity index (χ0) is 19.9. The zero-order valence-corrected chi connectivity index (χ0v) is 15.8. The second-order valence-corrected chi connectivity index (χ2v) is 6.47. The predicted molar refractivity (Wildman–Crippen MR) is 109 cm³/mol. The number of carbonyl (C=O) groups is 2. The number of hydrogen-bond acceptors (Lipinski definition) is 4. The SMILES string of the molecule is Cc1ccc(C(=O)Oc2ccc(C=NNC(=O)c3ccc(Cl)cc3)cc2)cc1. The fourth-order valence-corrected chi connectivity index (χ4v) is 2.43. The summed E-state index contributed by atoms with van der Waals surface area (Å²) in [5.41, 5.74) is 5.20. The Balaban J connectivity index is 1.55. The highest BCUT2D eigenvalue weighted by molar-refractivity contribution is 6.30. The minimum atomic E-state index is -0.420. The Morgan fingerprint density at radius 3 is 2.14 bits per heavy atom. The van der Waals surface area contributed by atoms with E-state index in [-0.39, 0.29) is 5.91 Å². The molecule has 140 valence electrons. The summed E-state index contributed by atoms with van der Waals surface area (Å²) in [6.45, 7) is 1.95. The lowest BCUT2D eigenvalue weighted by molar-refractivity contribution is 0.0734. The molecule has 0 spiro atoms. The van der Waals surface area contributed by atoms with E-state index >= 15 is 0 Å². The first-order chi connectivity index (χ1) is 13.5. The van der Waals surface area contributed by atoms with Gasteiger partial charge in [0.2, 0.25) is 0 Å². The molecule has 0 heterocycles. The third-order valence-electron chi connectivity index (χ3n) is 3.86. The maximum atomic E-state index is 12.1. The molecule has 0 saturated heterocycles. The van der Waals surface area contributed by atoms with Gasteiger partial charge in [0.15, 0.2) is 0 Å². The van der Waals surface area contributed by atoms with Crippen molar-refractivity contribution >= 4 is 29.7 Å². The smallest absolute Gasteiger partial charge is 0.343 e. The normalized spacial score (nSPS) is 10.6. The molecule has 1 N–H and O–H groups in total. The lowest BCUT2D eigenvalue weighted by atomic mass is 10.1. The minimum Gasteiger partial charge on any atom is -0.423 e. The number of rotatable bonds is 5. The Morgan fingerprint density at radius 2 is 1.50 bits per heavy atom. The van der Waals surface area contributed by atoms with Crippen molar-refractivity contribution in [2.45, 2.75) is 6.92 Å². The number of amides is 1. The summed E-state index contributed by atoms with van der Waals surface area (Å²) < 4.78 is 5.34. The van der Waals surface area contributed by atoms with Crippen LogP contribution >= 0.6 is 11.6 Å². The van der Waals surface area contributed by atoms with Crippen molar-refractivity contribution in [2.75, 3.05) is 0 Å². The van der Waals surface area contributed by atoms with Crippen LogP contribution in [-0.4, -0.2) is 18.1 Å². The van der Waals surface area contributed by atoms with Gasteiger partial charge in [-0.2, -0.15) is 5.10 Å². The molecule has 0 atom stereocenters. The summed E-state index contributed by atoms with van der Waals surface area (Å²) in [7, 11) is 0. The molecule has 1 amide bonds. The van der Waals surface area contributed by atoms with Gasteiger partial charge in [-0.1, -0.05) is 29.3 Å². The molecule has 0 unspecified atom stereocenters. The third kappa shape index (κ3) is 5.28. The van der Waals surface area contributed by atoms with Gasteiger partial charge >= 0.3 is 5.97 Å². The Bertz CT molecular complexity index is 995. The average molecular weight is 393 g/mol. The fraction of sp³-hybridized carbons (Fsp3) is 0.0455. The highest BCUT2D eigenvalue weighted by Crippen LogP contribution is 2.14. The van der Waals surface area contributed by atoms with Crippen molar-refractivity contribution in [3.8, 4) is 5.75 Å². The van der Waals surface area contributed by atoms with E-state index < -0.39 is 5.97 Å². The van der Waals surface area contributed by atoms with Gasteiger partial charge in [-0.15, -0.1) is 0 Å². The van der Waals surface area contributed by atoms with Crippen LogP contribution in [0.3, 0.4) is 0 Å². The largest absolute Gasteiger partial charge is 0.423 e. The topological polar surface area (TPSA) is 67.8 Å². The molecule has 3 rings (SSSR count). The van der Waals surface area contributed by atoms with Crippen LogP contribution in [0.15, 0.2) is 77.9 Å². The number of carbonyl (C=O) groups excluding carboxylic acids is 2. The number of nitrogens with one attached hydrogen (secondary N) is 1. The summed E-state index contributed by atoms with van der Waals surface area (Å²) in [5, 5.41) is 4.48. The van der Waals surface area contributed by atoms with E-state index in [1.54, 1.807) is 60.7 Å². The van der Waals surface area contributed by atoms with Gasteiger partial charge in [0.1, 0.15) is 5.75 Å². The number of hydrogen-bond donors (Lipinski definition) is 1. The molecular weight excluding hydrogens is 376 g/mol. The van der Waals surface area contributed by atoms with Gasteiger partial charge in [0.05, 0.1) is 11.8 Å². The van der Waals surface area contributed by atoms with Gasteiger partial charge in [0.25, 0.3) is 5.91 Å². The molecule has 0 radical (unpaired) electrons. The second-order valence-electron chi connectivity index (χ2n) is 6.03. The predicted octanol–water partition coefficient (Wildman–Crippen LogP) is 4.63. The molecule has 0 aliphatic heterocycles. The summed E-state index contributed by atoms with van der Waals surface area (Å²) in [4.78, 5) is 24.1. The van der Waals surface area contributed by atoms with Crippen molar-refractivity contribution in [3.63, 3.8) is 0 Å². The molecule has 0 aliphatic rings. The van der Waals surface area contributed by atoms with E-state index in [0.717, 1.165) is 11.1 Å². The van der Waals surface area contributed by atoms with Gasteiger partial charge in [-0.05, 0) is 73.2 Å². The first-order valence-corrected chi connectivity index (χ1v) is 8.87. The Hall–Kier alpha value is -3.44. The summed E-state index contributed by atoms with van der Waals surface area (Å²) >= 11 is 5.79. The highest BCUT2D eigenvalue weighted by Gasteiger charge is 2.08. The number of aryl methyl sites for hydroxylation is 1. The van der Waals surface area contributed by atoms with E-state index in [4.69, 9.17) is 16.3 Å². The van der Waals surface area contributed by atoms with Gasteiger partial charge in [-0.3, -0.25) is 4.79 Å². The van der Waals surface area contributed by atoms with Gasteiger partial charge in [0, 0.05) is 10.6 Å². The van der Waals surface area contributed by atoms with Crippen LogP contribution in [0.1, 0.15) is 31.8 Å². The Morgan fingerprint density at radius 1 is 0.893 bits per heavy atom. The molecule has 28 heavy (non-hydrogen) atoms. The van der Waals surface area contributed by atoms with E-state index in [1.165, 1.54) is 6.21 Å². The van der Waals surface area contributed by atoms with Gasteiger partial charge in [-0.25, -0.2) is 10.2 Å². The maximum Gasteiger partial charge on any atom is 0.343 e. The first kappa shape index (κ1) is 19.3. The van der Waals surface area contributed by atoms with Crippen LogP contribution < -0.4 is 10.2 Å². The number of esters is 1.